The molecule has 0 radical (unpaired) electrons. The molecule has 1 fully saturated rings. The number of alkyl halides is 3. The lowest BCUT2D eigenvalue weighted by atomic mass is 9.97. The molecular formula is C15H18F3N3. The molecule has 1 aliphatic carbocycles. The van der Waals surface area contributed by atoms with Crippen LogP contribution in [0.1, 0.15) is 36.8 Å². The Morgan fingerprint density at radius 3 is 2.52 bits per heavy atom. The van der Waals surface area contributed by atoms with E-state index in [0.29, 0.717) is 18.2 Å². The summed E-state index contributed by atoms with van der Waals surface area (Å²) in [6.45, 7) is 0.399. The zero-order valence-electron chi connectivity index (χ0n) is 11.6. The summed E-state index contributed by atoms with van der Waals surface area (Å²) < 4.78 is 38.0. The molecule has 1 aliphatic rings. The molecule has 114 valence electrons. The Bertz CT molecular complexity index is 528. The fourth-order valence-corrected chi connectivity index (χ4v) is 2.87. The number of benzene rings is 1. The number of hydrogen-bond acceptors (Lipinski definition) is 3. The highest BCUT2D eigenvalue weighted by atomic mass is 19.4. The number of rotatable bonds is 4. The van der Waals surface area contributed by atoms with Crippen molar-refractivity contribution in [2.75, 3.05) is 11.9 Å². The fourth-order valence-electron chi connectivity index (χ4n) is 2.87. The maximum absolute atomic E-state index is 12.7. The molecule has 0 amide bonds. The SMILES string of the molecule is N#Cc1cc(C(F)(F)F)ccc1NC(CN)C1CCCC1. The molecule has 1 atom stereocenters. The van der Waals surface area contributed by atoms with Crippen molar-refractivity contribution >= 4 is 5.69 Å². The van der Waals surface area contributed by atoms with Gasteiger partial charge in [0.2, 0.25) is 0 Å². The van der Waals surface area contributed by atoms with Crippen molar-refractivity contribution in [1.82, 2.24) is 0 Å². The van der Waals surface area contributed by atoms with Crippen molar-refractivity contribution in [2.45, 2.75) is 37.9 Å². The summed E-state index contributed by atoms with van der Waals surface area (Å²) in [5, 5.41) is 12.2. The van der Waals surface area contributed by atoms with Crippen molar-refractivity contribution in [2.24, 2.45) is 11.7 Å². The molecule has 0 heterocycles. The smallest absolute Gasteiger partial charge is 0.380 e. The standard InChI is InChI=1S/C15H18F3N3/c16-15(17,18)12-5-6-13(11(7-12)8-19)21-14(9-20)10-3-1-2-4-10/h5-7,10,14,21H,1-4,9,20H2. The topological polar surface area (TPSA) is 61.8 Å². The average molecular weight is 297 g/mol. The monoisotopic (exact) mass is 297 g/mol. The molecule has 1 aromatic rings. The molecule has 1 unspecified atom stereocenters. The Kier molecular flexibility index (Phi) is 4.73. The van der Waals surface area contributed by atoms with Crippen LogP contribution in [0, 0.1) is 17.2 Å². The Labute approximate surface area is 121 Å². The van der Waals surface area contributed by atoms with E-state index in [2.05, 4.69) is 5.32 Å². The average Bonchev–Trinajstić information content (AvgIpc) is 2.97. The van der Waals surface area contributed by atoms with Gasteiger partial charge < -0.3 is 11.1 Å². The third-order valence-electron chi connectivity index (χ3n) is 4.03. The fraction of sp³-hybridized carbons (Fsp3) is 0.533. The molecule has 0 bridgehead atoms. The summed E-state index contributed by atoms with van der Waals surface area (Å²) >= 11 is 0. The summed E-state index contributed by atoms with van der Waals surface area (Å²) in [5.74, 6) is 0.420. The molecule has 2 rings (SSSR count). The van der Waals surface area contributed by atoms with Crippen LogP contribution in [0.25, 0.3) is 0 Å². The first-order valence-corrected chi connectivity index (χ1v) is 7.03. The van der Waals surface area contributed by atoms with Crippen molar-refractivity contribution in [3.63, 3.8) is 0 Å². The Morgan fingerprint density at radius 1 is 1.33 bits per heavy atom. The molecule has 1 aromatic carbocycles. The minimum absolute atomic E-state index is 0.00118. The lowest BCUT2D eigenvalue weighted by Gasteiger charge is -2.25. The molecule has 6 heteroatoms. The molecule has 3 nitrogen and oxygen atoms in total. The number of halogens is 3. The molecule has 21 heavy (non-hydrogen) atoms. The highest BCUT2D eigenvalue weighted by Crippen LogP contribution is 2.33. The molecule has 1 saturated carbocycles. The minimum atomic E-state index is -4.44. The van der Waals surface area contributed by atoms with Crippen LogP contribution in [0.5, 0.6) is 0 Å². The maximum Gasteiger partial charge on any atom is 0.416 e. The molecule has 0 aromatic heterocycles. The quantitative estimate of drug-likeness (QED) is 0.894. The van der Waals surface area contributed by atoms with Gasteiger partial charge in [0, 0.05) is 12.6 Å². The van der Waals surface area contributed by atoms with Crippen molar-refractivity contribution in [3.05, 3.63) is 29.3 Å². The predicted molar refractivity (Wildman–Crippen MR) is 74.6 cm³/mol. The lowest BCUT2D eigenvalue weighted by Crippen LogP contribution is -2.35. The van der Waals surface area contributed by atoms with Crippen molar-refractivity contribution < 1.29 is 13.2 Å². The van der Waals surface area contributed by atoms with E-state index in [9.17, 15) is 13.2 Å². The number of hydrogen-bond donors (Lipinski definition) is 2. The number of nitrogens with zero attached hydrogens (tertiary/aromatic N) is 1. The van der Waals surface area contributed by atoms with Crippen LogP contribution < -0.4 is 11.1 Å². The van der Waals surface area contributed by atoms with E-state index in [1.165, 1.54) is 6.07 Å². The summed E-state index contributed by atoms with van der Waals surface area (Å²) in [6.07, 6.45) is -0.000438. The van der Waals surface area contributed by atoms with Gasteiger partial charge in [0.05, 0.1) is 16.8 Å². The summed E-state index contributed by atoms with van der Waals surface area (Å²) in [4.78, 5) is 0. The normalized spacial score (nSPS) is 17.5. The highest BCUT2D eigenvalue weighted by molar-refractivity contribution is 5.59. The second-order valence-electron chi connectivity index (χ2n) is 5.40. The minimum Gasteiger partial charge on any atom is -0.380 e. The van der Waals surface area contributed by atoms with Gasteiger partial charge in [-0.3, -0.25) is 0 Å². The predicted octanol–water partition coefficient (Wildman–Crippen LogP) is 3.51. The first kappa shape index (κ1) is 15.6. The van der Waals surface area contributed by atoms with Gasteiger partial charge in [-0.1, -0.05) is 12.8 Å². The maximum atomic E-state index is 12.7. The molecule has 0 saturated heterocycles. The first-order chi connectivity index (χ1) is 9.95. The summed E-state index contributed by atoms with van der Waals surface area (Å²) in [7, 11) is 0. The Morgan fingerprint density at radius 2 is 2.00 bits per heavy atom. The summed E-state index contributed by atoms with van der Waals surface area (Å²) in [6, 6.07) is 5.01. The van der Waals surface area contributed by atoms with Crippen molar-refractivity contribution in [3.8, 4) is 6.07 Å². The molecular weight excluding hydrogens is 279 g/mol. The van der Waals surface area contributed by atoms with Gasteiger partial charge in [0.15, 0.2) is 0 Å². The third-order valence-corrected chi connectivity index (χ3v) is 4.03. The van der Waals surface area contributed by atoms with Crippen molar-refractivity contribution in [1.29, 1.82) is 5.26 Å². The Balaban J connectivity index is 2.21. The molecule has 3 N–H and O–H groups in total. The van der Waals surface area contributed by atoms with Crippen LogP contribution in [0.2, 0.25) is 0 Å². The first-order valence-electron chi connectivity index (χ1n) is 7.03. The zero-order chi connectivity index (χ0) is 15.5. The summed E-state index contributed by atoms with van der Waals surface area (Å²) in [5.41, 5.74) is 5.38. The van der Waals surface area contributed by atoms with Gasteiger partial charge >= 0.3 is 6.18 Å². The van der Waals surface area contributed by atoms with E-state index in [1.54, 1.807) is 0 Å². The van der Waals surface area contributed by atoms with Crippen LogP contribution in [-0.2, 0) is 6.18 Å². The van der Waals surface area contributed by atoms with E-state index < -0.39 is 11.7 Å². The van der Waals surface area contributed by atoms with Crippen LogP contribution in [0.4, 0.5) is 18.9 Å². The van der Waals surface area contributed by atoms with E-state index in [4.69, 9.17) is 11.0 Å². The Hall–Kier alpha value is -1.74. The third kappa shape index (κ3) is 3.67. The lowest BCUT2D eigenvalue weighted by molar-refractivity contribution is -0.137. The van der Waals surface area contributed by atoms with Crippen LogP contribution in [-0.4, -0.2) is 12.6 Å². The second-order valence-corrected chi connectivity index (χ2v) is 5.40. The van der Waals surface area contributed by atoms with Gasteiger partial charge in [0.25, 0.3) is 0 Å². The highest BCUT2D eigenvalue weighted by Gasteiger charge is 2.31. The van der Waals surface area contributed by atoms with Crippen LogP contribution in [0.3, 0.4) is 0 Å². The van der Waals surface area contributed by atoms with Gasteiger partial charge in [-0.2, -0.15) is 18.4 Å². The van der Waals surface area contributed by atoms with Gasteiger partial charge in [0.1, 0.15) is 6.07 Å². The zero-order valence-corrected chi connectivity index (χ0v) is 11.6. The second kappa shape index (κ2) is 6.35. The number of nitriles is 1. The van der Waals surface area contributed by atoms with Gasteiger partial charge in [-0.05, 0) is 37.0 Å². The van der Waals surface area contributed by atoms with Gasteiger partial charge in [-0.15, -0.1) is 0 Å². The number of nitrogens with one attached hydrogen (secondary N) is 1. The number of anilines is 1. The molecule has 0 spiro atoms. The van der Waals surface area contributed by atoms with E-state index in [-0.39, 0.29) is 11.6 Å². The largest absolute Gasteiger partial charge is 0.416 e. The van der Waals surface area contributed by atoms with E-state index in [0.717, 1.165) is 37.8 Å². The number of nitrogens with two attached hydrogens (primary N) is 1. The molecule has 0 aliphatic heterocycles. The van der Waals surface area contributed by atoms with Crippen LogP contribution in [0.15, 0.2) is 18.2 Å². The van der Waals surface area contributed by atoms with Crippen LogP contribution >= 0.6 is 0 Å². The van der Waals surface area contributed by atoms with Gasteiger partial charge in [-0.25, -0.2) is 0 Å². The van der Waals surface area contributed by atoms with E-state index in [1.807, 2.05) is 6.07 Å². The van der Waals surface area contributed by atoms with E-state index >= 15 is 0 Å².